The lowest BCUT2D eigenvalue weighted by atomic mass is 9.42. The van der Waals surface area contributed by atoms with Crippen molar-refractivity contribution in [2.24, 2.45) is 23.7 Å². The standard InChI is InChI=1S/C77H53F16NO4/c1-35-56(78)60(82)52(61(83)57(35)79)54-64(86)68(90)72(69(91)65(54)87)97-47-18-10-43(11-19-47)76-28-37-22-38(29-76)25-74(24-37,33-76)41-6-14-45(15-7-41)95-50-4-3-5-51(49(50)32-94)96-46-16-8-42(9-17-46)75-26-39-23-40(27-75)31-77(30-39,34-75)44-12-20-48(21-13-44)98-73-70(92)66(88)55(67(89)71(73)93)53-62(84)58(80)36(2)59(81)63(53)85/h3-21,37-40H,22-31,33-34H2,1-2H3. The van der Waals surface area contributed by atoms with Gasteiger partial charge in [0.05, 0.1) is 22.3 Å². The number of halogens is 16. The van der Waals surface area contributed by atoms with E-state index in [1.807, 2.05) is 48.5 Å². The van der Waals surface area contributed by atoms with Gasteiger partial charge in [-0.3, -0.25) is 0 Å². The SMILES string of the molecule is Cc1c(F)c(F)c(-c2c(F)c(F)c(Oc3ccc(C45CC6CC(CC(c7ccc(Oc8cccc(Oc9ccc(C%10%11CC%12CC(C%10)CC(c%10ccc(Oc%13c(F)c(F)c(-c%14c(F)c(F)c(C)c(F)c%14F)c(F)c%13F)cc%10)(C%12)C%11)cc9)c8C#N)cc7)(C6)C4)C5)cc3)c(F)c2F)c(F)c1F. The summed E-state index contributed by atoms with van der Waals surface area (Å²) in [7, 11) is 0. The Bertz CT molecular complexity index is 4420. The molecule has 21 heteroatoms. The first-order valence-corrected chi connectivity index (χ1v) is 31.8. The van der Waals surface area contributed by atoms with Crippen molar-refractivity contribution in [2.75, 3.05) is 0 Å². The summed E-state index contributed by atoms with van der Waals surface area (Å²) in [4.78, 5) is 0. The molecule has 9 aromatic rings. The summed E-state index contributed by atoms with van der Waals surface area (Å²) < 4.78 is 264. The van der Waals surface area contributed by atoms with Crippen LogP contribution in [-0.2, 0) is 21.7 Å². The third-order valence-electron chi connectivity index (χ3n) is 21.9. The van der Waals surface area contributed by atoms with E-state index in [9.17, 15) is 40.4 Å². The zero-order chi connectivity index (χ0) is 69.0. The second kappa shape index (κ2) is 23.4. The first-order valence-electron chi connectivity index (χ1n) is 31.8. The van der Waals surface area contributed by atoms with Crippen LogP contribution < -0.4 is 18.9 Å². The van der Waals surface area contributed by atoms with Crippen LogP contribution in [0, 0.1) is 142 Å². The van der Waals surface area contributed by atoms with Gasteiger partial charge in [0.2, 0.25) is 34.8 Å². The van der Waals surface area contributed by atoms with Gasteiger partial charge in [0.15, 0.2) is 69.8 Å². The Morgan fingerprint density at radius 1 is 0.306 bits per heavy atom. The normalized spacial score (nSPS) is 24.1. The summed E-state index contributed by atoms with van der Waals surface area (Å²) in [6.45, 7) is 1.34. The molecular formula is C77H53F16NO4. The van der Waals surface area contributed by atoms with Crippen molar-refractivity contribution in [2.45, 2.75) is 113 Å². The first-order chi connectivity index (χ1) is 46.8. The fourth-order valence-electron chi connectivity index (χ4n) is 18.4. The Morgan fingerprint density at radius 3 is 0.765 bits per heavy atom. The van der Waals surface area contributed by atoms with E-state index in [0.717, 1.165) is 99.3 Å². The van der Waals surface area contributed by atoms with Crippen molar-refractivity contribution in [3.05, 3.63) is 247 Å². The first kappa shape index (κ1) is 64.5. The van der Waals surface area contributed by atoms with Gasteiger partial charge in [0.1, 0.15) is 46.1 Å². The van der Waals surface area contributed by atoms with Gasteiger partial charge in [-0.1, -0.05) is 54.6 Å². The number of nitriles is 1. The van der Waals surface area contributed by atoms with E-state index in [1.165, 1.54) is 24.3 Å². The van der Waals surface area contributed by atoms with Crippen LogP contribution in [-0.4, -0.2) is 0 Å². The van der Waals surface area contributed by atoms with Gasteiger partial charge in [-0.2, -0.15) is 22.8 Å². The minimum Gasteiger partial charge on any atom is -0.456 e. The molecule has 502 valence electrons. The maximum Gasteiger partial charge on any atom is 0.205 e. The van der Waals surface area contributed by atoms with Gasteiger partial charge in [-0.25, -0.2) is 52.7 Å². The van der Waals surface area contributed by atoms with Crippen molar-refractivity contribution >= 4 is 0 Å². The Hall–Kier alpha value is -9.45. The molecule has 0 heterocycles. The Morgan fingerprint density at radius 2 is 0.531 bits per heavy atom. The summed E-state index contributed by atoms with van der Waals surface area (Å²) >= 11 is 0. The van der Waals surface area contributed by atoms with Crippen molar-refractivity contribution in [1.29, 1.82) is 5.26 Å². The van der Waals surface area contributed by atoms with Crippen LogP contribution in [0.25, 0.3) is 22.3 Å². The second-order valence-corrected chi connectivity index (χ2v) is 27.7. The van der Waals surface area contributed by atoms with E-state index in [0.29, 0.717) is 49.0 Å². The molecule has 4 atom stereocenters. The molecule has 8 bridgehead atoms. The van der Waals surface area contributed by atoms with Gasteiger partial charge in [0.25, 0.3) is 0 Å². The van der Waals surface area contributed by atoms with Crippen LogP contribution in [0.4, 0.5) is 70.2 Å². The molecule has 4 unspecified atom stereocenters. The van der Waals surface area contributed by atoms with E-state index < -0.39 is 138 Å². The fourth-order valence-corrected chi connectivity index (χ4v) is 18.4. The smallest absolute Gasteiger partial charge is 0.205 e. The number of benzene rings is 9. The summed E-state index contributed by atoms with van der Waals surface area (Å²) in [5.74, 6) is -35.7. The molecule has 0 saturated heterocycles. The topological polar surface area (TPSA) is 60.7 Å². The monoisotopic (exact) mass is 1360 g/mol. The van der Waals surface area contributed by atoms with Crippen LogP contribution in [0.1, 0.15) is 116 Å². The van der Waals surface area contributed by atoms with E-state index in [1.54, 1.807) is 42.5 Å². The van der Waals surface area contributed by atoms with Gasteiger partial charge in [-0.15, -0.1) is 0 Å². The molecule has 0 aromatic heterocycles. The number of ether oxygens (including phenoxy) is 4. The van der Waals surface area contributed by atoms with Gasteiger partial charge in [-0.05, 0) is 219 Å². The van der Waals surface area contributed by atoms with Crippen molar-refractivity contribution in [3.8, 4) is 74.3 Å². The van der Waals surface area contributed by atoms with Crippen LogP contribution in [0.2, 0.25) is 0 Å². The zero-order valence-corrected chi connectivity index (χ0v) is 51.9. The predicted molar refractivity (Wildman–Crippen MR) is 326 cm³/mol. The second-order valence-electron chi connectivity index (χ2n) is 27.7. The molecule has 0 spiro atoms. The molecule has 9 aromatic carbocycles. The average molecular weight is 1360 g/mol. The largest absolute Gasteiger partial charge is 0.456 e. The highest BCUT2D eigenvalue weighted by molar-refractivity contribution is 5.70. The zero-order valence-electron chi connectivity index (χ0n) is 51.9. The number of hydrogen-bond acceptors (Lipinski definition) is 5. The molecule has 8 aliphatic rings. The Balaban J connectivity index is 0.613. The minimum atomic E-state index is -2.33. The molecule has 0 N–H and O–H groups in total. The molecule has 8 fully saturated rings. The third-order valence-corrected chi connectivity index (χ3v) is 21.9. The average Bonchev–Trinajstić information content (AvgIpc) is 0.712. The van der Waals surface area contributed by atoms with E-state index in [-0.39, 0.29) is 50.2 Å². The highest BCUT2D eigenvalue weighted by atomic mass is 19.2. The van der Waals surface area contributed by atoms with E-state index in [4.69, 9.17) is 18.9 Å². The summed E-state index contributed by atoms with van der Waals surface area (Å²) in [6, 6.07) is 35.4. The fraction of sp³-hybridized carbons (Fsp3) is 0.286. The van der Waals surface area contributed by atoms with Gasteiger partial charge < -0.3 is 18.9 Å². The van der Waals surface area contributed by atoms with Crippen molar-refractivity contribution in [1.82, 2.24) is 0 Å². The quantitative estimate of drug-likeness (QED) is 0.0802. The molecule has 17 rings (SSSR count). The van der Waals surface area contributed by atoms with Crippen LogP contribution in [0.3, 0.4) is 0 Å². The highest BCUT2D eigenvalue weighted by Gasteiger charge is 2.60. The van der Waals surface area contributed by atoms with Crippen LogP contribution in [0.5, 0.6) is 46.0 Å². The van der Waals surface area contributed by atoms with Gasteiger partial charge >= 0.3 is 0 Å². The summed E-state index contributed by atoms with van der Waals surface area (Å²) in [5, 5.41) is 10.6. The molecule has 0 aliphatic heterocycles. The van der Waals surface area contributed by atoms with Crippen LogP contribution in [0.15, 0.2) is 115 Å². The molecule has 0 amide bonds. The van der Waals surface area contributed by atoms with Crippen LogP contribution >= 0.6 is 0 Å². The maximum atomic E-state index is 15.5. The third kappa shape index (κ3) is 10.1. The van der Waals surface area contributed by atoms with Crippen molar-refractivity contribution < 1.29 is 89.2 Å². The van der Waals surface area contributed by atoms with E-state index in [2.05, 4.69) is 6.07 Å². The molecule has 98 heavy (non-hydrogen) atoms. The van der Waals surface area contributed by atoms with Gasteiger partial charge in [0, 0.05) is 11.1 Å². The number of rotatable bonds is 14. The maximum absolute atomic E-state index is 15.5. The van der Waals surface area contributed by atoms with E-state index >= 15 is 35.1 Å². The lowest BCUT2D eigenvalue weighted by Crippen LogP contribution is -2.55. The summed E-state index contributed by atoms with van der Waals surface area (Å²) in [6.07, 6.45) is 10.8. The Kier molecular flexibility index (Phi) is 15.4. The lowest BCUT2D eigenvalue weighted by molar-refractivity contribution is -0.0283. The molecule has 5 nitrogen and oxygen atoms in total. The van der Waals surface area contributed by atoms with Crippen molar-refractivity contribution in [3.63, 3.8) is 0 Å². The highest BCUT2D eigenvalue weighted by Crippen LogP contribution is 2.68. The number of nitrogens with zero attached hydrogens (tertiary/aromatic N) is 1. The molecule has 8 aliphatic carbocycles. The number of hydrogen-bond donors (Lipinski definition) is 0. The molecule has 0 radical (unpaired) electrons. The minimum absolute atomic E-state index is 0.156. The predicted octanol–water partition coefficient (Wildman–Crippen LogP) is 22.5. The molecular weight excluding hydrogens is 1310 g/mol. The molecule has 8 saturated carbocycles. The summed E-state index contributed by atoms with van der Waals surface area (Å²) in [5.41, 5.74) is -7.10. The lowest BCUT2D eigenvalue weighted by Gasteiger charge is -2.63. The Labute approximate surface area is 550 Å².